The van der Waals surface area contributed by atoms with Crippen LogP contribution in [-0.4, -0.2) is 24.0 Å². The van der Waals surface area contributed by atoms with Crippen molar-refractivity contribution < 1.29 is 14.3 Å². The highest BCUT2D eigenvalue weighted by Gasteiger charge is 2.29. The maximum atomic E-state index is 11.7. The molecular weight excluding hydrogens is 230 g/mol. The zero-order valence-corrected chi connectivity index (χ0v) is 10.7. The van der Waals surface area contributed by atoms with Crippen molar-refractivity contribution in [3.8, 4) is 0 Å². The van der Waals surface area contributed by atoms with Gasteiger partial charge >= 0.3 is 5.97 Å². The quantitative estimate of drug-likeness (QED) is 0.530. The van der Waals surface area contributed by atoms with Crippen molar-refractivity contribution in [1.82, 2.24) is 5.32 Å². The third-order valence-electron chi connectivity index (χ3n) is 3.55. The highest BCUT2D eigenvalue weighted by atomic mass is 16.5. The molecule has 1 saturated carbocycles. The Morgan fingerprint density at radius 3 is 2.61 bits per heavy atom. The van der Waals surface area contributed by atoms with Crippen molar-refractivity contribution in [2.24, 2.45) is 0 Å². The summed E-state index contributed by atoms with van der Waals surface area (Å²) in [4.78, 5) is 23.4. The molecule has 0 unspecified atom stereocenters. The van der Waals surface area contributed by atoms with E-state index in [1.807, 2.05) is 12.2 Å². The van der Waals surface area contributed by atoms with E-state index in [4.69, 9.17) is 4.74 Å². The van der Waals surface area contributed by atoms with Crippen molar-refractivity contribution in [1.29, 1.82) is 0 Å². The van der Waals surface area contributed by atoms with Crippen LogP contribution in [0.25, 0.3) is 0 Å². The average Bonchev–Trinajstić information content (AvgIpc) is 2.34. The Labute approximate surface area is 108 Å². The van der Waals surface area contributed by atoms with Crippen LogP contribution in [-0.2, 0) is 14.3 Å². The summed E-state index contributed by atoms with van der Waals surface area (Å²) >= 11 is 0. The molecule has 4 nitrogen and oxygen atoms in total. The number of allylic oxidation sites excluding steroid dienone is 2. The second-order valence-corrected chi connectivity index (χ2v) is 5.04. The molecule has 0 aromatic rings. The number of hydrogen-bond acceptors (Lipinski definition) is 3. The van der Waals surface area contributed by atoms with E-state index in [0.29, 0.717) is 19.3 Å². The van der Waals surface area contributed by atoms with Gasteiger partial charge in [0, 0.05) is 12.8 Å². The minimum absolute atomic E-state index is 0.0126. The fraction of sp³-hybridized carbons (Fsp3) is 0.714. The minimum atomic E-state index is -0.147. The number of nitrogens with one attached hydrogen (secondary N) is 1. The van der Waals surface area contributed by atoms with E-state index in [1.54, 1.807) is 0 Å². The van der Waals surface area contributed by atoms with Crippen LogP contribution in [0.2, 0.25) is 0 Å². The molecule has 1 amide bonds. The second-order valence-electron chi connectivity index (χ2n) is 5.04. The first-order valence-corrected chi connectivity index (χ1v) is 6.89. The van der Waals surface area contributed by atoms with Crippen LogP contribution in [0, 0.1) is 0 Å². The lowest BCUT2D eigenvalue weighted by Gasteiger charge is -2.31. The molecule has 1 fully saturated rings. The number of fused-ring (bicyclic) bond motifs is 1. The molecule has 0 radical (unpaired) electrons. The summed E-state index contributed by atoms with van der Waals surface area (Å²) < 4.78 is 5.49. The number of carbonyl (C=O) groups excluding carboxylic acids is 2. The molecule has 4 heteroatoms. The van der Waals surface area contributed by atoms with Gasteiger partial charge in [0.2, 0.25) is 5.91 Å². The van der Waals surface area contributed by atoms with Crippen molar-refractivity contribution >= 4 is 11.9 Å². The van der Waals surface area contributed by atoms with Gasteiger partial charge in [-0.05, 0) is 32.1 Å². The number of rotatable bonds is 0. The van der Waals surface area contributed by atoms with E-state index in [2.05, 4.69) is 5.32 Å². The van der Waals surface area contributed by atoms with Gasteiger partial charge in [0.15, 0.2) is 0 Å². The lowest BCUT2D eigenvalue weighted by atomic mass is 9.92. The predicted octanol–water partition coefficient (Wildman–Crippen LogP) is 2.09. The van der Waals surface area contributed by atoms with Gasteiger partial charge in [-0.15, -0.1) is 0 Å². The van der Waals surface area contributed by atoms with Crippen LogP contribution < -0.4 is 5.32 Å². The summed E-state index contributed by atoms with van der Waals surface area (Å²) in [5.74, 6) is -0.0838. The van der Waals surface area contributed by atoms with Crippen molar-refractivity contribution in [2.45, 2.75) is 63.5 Å². The molecule has 1 heterocycles. The van der Waals surface area contributed by atoms with E-state index >= 15 is 0 Å². The Kier molecular flexibility index (Phi) is 4.79. The largest absolute Gasteiger partial charge is 0.460 e. The first-order valence-electron chi connectivity index (χ1n) is 6.89. The Balaban J connectivity index is 2.02. The third-order valence-corrected chi connectivity index (χ3v) is 3.55. The van der Waals surface area contributed by atoms with Crippen molar-refractivity contribution in [2.75, 3.05) is 0 Å². The van der Waals surface area contributed by atoms with E-state index in [9.17, 15) is 9.59 Å². The number of esters is 1. The normalized spacial score (nSPS) is 32.2. The smallest absolute Gasteiger partial charge is 0.306 e. The van der Waals surface area contributed by atoms with Gasteiger partial charge in [0.05, 0.1) is 6.04 Å². The van der Waals surface area contributed by atoms with E-state index in [1.165, 1.54) is 0 Å². The van der Waals surface area contributed by atoms with Crippen molar-refractivity contribution in [3.05, 3.63) is 12.2 Å². The van der Waals surface area contributed by atoms with Crippen molar-refractivity contribution in [3.63, 3.8) is 0 Å². The number of ether oxygens (including phenoxy) is 1. The second kappa shape index (κ2) is 6.57. The molecular formula is C14H21NO3. The van der Waals surface area contributed by atoms with Gasteiger partial charge in [0.25, 0.3) is 0 Å². The zero-order valence-electron chi connectivity index (χ0n) is 10.7. The summed E-state index contributed by atoms with van der Waals surface area (Å²) in [5.41, 5.74) is 0. The summed E-state index contributed by atoms with van der Waals surface area (Å²) in [7, 11) is 0. The van der Waals surface area contributed by atoms with Gasteiger partial charge in [0.1, 0.15) is 6.10 Å². The monoisotopic (exact) mass is 251 g/mol. The van der Waals surface area contributed by atoms with Crippen LogP contribution >= 0.6 is 0 Å². The Hall–Kier alpha value is -1.32. The molecule has 1 aliphatic carbocycles. The van der Waals surface area contributed by atoms with Gasteiger partial charge in [-0.1, -0.05) is 18.6 Å². The summed E-state index contributed by atoms with van der Waals surface area (Å²) in [6.45, 7) is 0. The molecule has 0 aromatic carbocycles. The third kappa shape index (κ3) is 3.86. The molecule has 100 valence electrons. The maximum absolute atomic E-state index is 11.7. The van der Waals surface area contributed by atoms with E-state index in [-0.39, 0.29) is 24.0 Å². The zero-order chi connectivity index (χ0) is 12.8. The molecule has 2 atom stereocenters. The molecule has 2 rings (SSSR count). The molecule has 0 bridgehead atoms. The summed E-state index contributed by atoms with van der Waals surface area (Å²) in [6, 6.07) is 0.0126. The van der Waals surface area contributed by atoms with Crippen LogP contribution in [0.5, 0.6) is 0 Å². The van der Waals surface area contributed by atoms with Gasteiger partial charge in [-0.3, -0.25) is 9.59 Å². The van der Waals surface area contributed by atoms with Gasteiger partial charge in [-0.2, -0.15) is 0 Å². The molecule has 2 aliphatic rings. The van der Waals surface area contributed by atoms with Crippen LogP contribution in [0.4, 0.5) is 0 Å². The molecule has 18 heavy (non-hydrogen) atoms. The fourth-order valence-corrected chi connectivity index (χ4v) is 2.56. The molecule has 0 aromatic heterocycles. The highest BCUT2D eigenvalue weighted by Crippen LogP contribution is 2.22. The van der Waals surface area contributed by atoms with E-state index < -0.39 is 0 Å². The highest BCUT2D eigenvalue weighted by molar-refractivity contribution is 5.76. The topological polar surface area (TPSA) is 55.4 Å². The molecule has 1 aliphatic heterocycles. The Morgan fingerprint density at radius 1 is 1.06 bits per heavy atom. The average molecular weight is 251 g/mol. The SMILES string of the molecule is O=C1CC/C=C/CCC(=O)O[C@@H]2CCCC[C@H]2N1. The predicted molar refractivity (Wildman–Crippen MR) is 67.9 cm³/mol. The summed E-state index contributed by atoms with van der Waals surface area (Å²) in [5, 5.41) is 3.01. The molecule has 0 saturated heterocycles. The van der Waals surface area contributed by atoms with Gasteiger partial charge < -0.3 is 10.1 Å². The summed E-state index contributed by atoms with van der Waals surface area (Å²) in [6.07, 6.45) is 10.2. The minimum Gasteiger partial charge on any atom is -0.460 e. The number of hydrogen-bond donors (Lipinski definition) is 1. The fourth-order valence-electron chi connectivity index (χ4n) is 2.56. The first-order chi connectivity index (χ1) is 8.75. The first kappa shape index (κ1) is 13.1. The Morgan fingerprint density at radius 2 is 1.78 bits per heavy atom. The number of amides is 1. The molecule has 0 spiro atoms. The lowest BCUT2D eigenvalue weighted by Crippen LogP contribution is -2.47. The van der Waals surface area contributed by atoms with Crippen LogP contribution in [0.3, 0.4) is 0 Å². The molecule has 1 N–H and O–H groups in total. The standard InChI is InChI=1S/C14H21NO3/c16-13-9-3-1-2-4-10-14(17)18-12-8-6-5-7-11(12)15-13/h1-2,11-12H,3-10H2,(H,15,16)/b2-1+/t11-,12-/m1/s1. The maximum Gasteiger partial charge on any atom is 0.306 e. The lowest BCUT2D eigenvalue weighted by molar-refractivity contribution is -0.153. The van der Waals surface area contributed by atoms with Gasteiger partial charge in [-0.25, -0.2) is 0 Å². The Bertz CT molecular complexity index is 306. The number of carbonyl (C=O) groups is 2. The van der Waals surface area contributed by atoms with Crippen LogP contribution in [0.15, 0.2) is 12.2 Å². The van der Waals surface area contributed by atoms with E-state index in [0.717, 1.165) is 32.1 Å². The van der Waals surface area contributed by atoms with Crippen LogP contribution in [0.1, 0.15) is 51.4 Å².